The van der Waals surface area contributed by atoms with E-state index in [1.54, 1.807) is 18.2 Å². The van der Waals surface area contributed by atoms with Crippen molar-refractivity contribution in [1.82, 2.24) is 0 Å². The molecule has 0 saturated heterocycles. The summed E-state index contributed by atoms with van der Waals surface area (Å²) in [5, 5.41) is 10.5. The summed E-state index contributed by atoms with van der Waals surface area (Å²) >= 11 is 0. The second kappa shape index (κ2) is 4.88. The van der Waals surface area contributed by atoms with E-state index in [1.807, 2.05) is 0 Å². The smallest absolute Gasteiger partial charge is 0.170 e. The largest absolute Gasteiger partial charge is 0.494 e. The summed E-state index contributed by atoms with van der Waals surface area (Å²) in [6.45, 7) is 4.29. The first-order valence-electron chi connectivity index (χ1n) is 6.48. The Bertz CT molecular complexity index is 429. The minimum atomic E-state index is -0.752. The number of hydrogen-bond donors (Lipinski definition) is 1. The van der Waals surface area contributed by atoms with Gasteiger partial charge in [0.05, 0.1) is 13.2 Å². The maximum Gasteiger partial charge on any atom is 0.170 e. The predicted octanol–water partition coefficient (Wildman–Crippen LogP) is 3.69. The van der Waals surface area contributed by atoms with E-state index < -0.39 is 11.9 Å². The van der Waals surface area contributed by atoms with Gasteiger partial charge in [0.15, 0.2) is 11.6 Å². The summed E-state index contributed by atoms with van der Waals surface area (Å²) in [4.78, 5) is 0. The maximum atomic E-state index is 14.1. The summed E-state index contributed by atoms with van der Waals surface area (Å²) < 4.78 is 19.1. The summed E-state index contributed by atoms with van der Waals surface area (Å²) in [6, 6.07) is 4.95. The van der Waals surface area contributed by atoms with Crippen molar-refractivity contribution in [3.8, 4) is 5.75 Å². The van der Waals surface area contributed by atoms with Crippen LogP contribution in [-0.2, 0) is 0 Å². The van der Waals surface area contributed by atoms with Gasteiger partial charge in [-0.3, -0.25) is 0 Å². The molecule has 2 nitrogen and oxygen atoms in total. The fourth-order valence-electron chi connectivity index (χ4n) is 3.07. The van der Waals surface area contributed by atoms with Crippen LogP contribution in [0, 0.1) is 17.2 Å². The zero-order valence-electron chi connectivity index (χ0n) is 11.2. The average Bonchev–Trinajstić information content (AvgIpc) is 2.68. The Morgan fingerprint density at radius 3 is 2.72 bits per heavy atom. The molecule has 0 radical (unpaired) electrons. The van der Waals surface area contributed by atoms with Crippen LogP contribution in [0.2, 0.25) is 0 Å². The topological polar surface area (TPSA) is 29.5 Å². The van der Waals surface area contributed by atoms with Gasteiger partial charge in [-0.25, -0.2) is 4.39 Å². The first-order chi connectivity index (χ1) is 8.47. The van der Waals surface area contributed by atoms with Gasteiger partial charge in [-0.1, -0.05) is 32.4 Å². The zero-order chi connectivity index (χ0) is 13.3. The lowest BCUT2D eigenvalue weighted by atomic mass is 9.76. The van der Waals surface area contributed by atoms with Crippen molar-refractivity contribution in [1.29, 1.82) is 0 Å². The second-order valence-corrected chi connectivity index (χ2v) is 5.80. The van der Waals surface area contributed by atoms with Crippen molar-refractivity contribution in [2.24, 2.45) is 11.3 Å². The van der Waals surface area contributed by atoms with Crippen molar-refractivity contribution < 1.29 is 14.2 Å². The highest BCUT2D eigenvalue weighted by molar-refractivity contribution is 5.33. The minimum Gasteiger partial charge on any atom is -0.494 e. The van der Waals surface area contributed by atoms with Crippen LogP contribution in [0.1, 0.15) is 44.8 Å². The molecule has 2 atom stereocenters. The SMILES string of the molecule is COc1cccc(C(O)C2CCCC2(C)C)c1F. The number of benzene rings is 1. The van der Waals surface area contributed by atoms with E-state index in [9.17, 15) is 9.50 Å². The normalized spacial score (nSPS) is 23.9. The zero-order valence-corrected chi connectivity index (χ0v) is 11.2. The first kappa shape index (κ1) is 13.3. The minimum absolute atomic E-state index is 0.0644. The molecule has 0 aromatic heterocycles. The predicted molar refractivity (Wildman–Crippen MR) is 69.0 cm³/mol. The Labute approximate surface area is 108 Å². The molecule has 1 N–H and O–H groups in total. The molecule has 1 aliphatic rings. The van der Waals surface area contributed by atoms with Crippen LogP contribution in [-0.4, -0.2) is 12.2 Å². The number of aliphatic hydroxyl groups is 1. The molecule has 1 aliphatic carbocycles. The molecule has 1 aromatic carbocycles. The summed E-state index contributed by atoms with van der Waals surface area (Å²) in [5.74, 6) is -0.128. The molecule has 100 valence electrons. The highest BCUT2D eigenvalue weighted by atomic mass is 19.1. The average molecular weight is 252 g/mol. The van der Waals surface area contributed by atoms with E-state index in [0.29, 0.717) is 5.56 Å². The molecule has 0 aliphatic heterocycles. The van der Waals surface area contributed by atoms with Gasteiger partial charge in [-0.2, -0.15) is 0 Å². The summed E-state index contributed by atoms with van der Waals surface area (Å²) in [7, 11) is 1.44. The van der Waals surface area contributed by atoms with Crippen molar-refractivity contribution >= 4 is 0 Å². The number of ether oxygens (including phenoxy) is 1. The van der Waals surface area contributed by atoms with E-state index in [-0.39, 0.29) is 17.1 Å². The van der Waals surface area contributed by atoms with E-state index in [0.717, 1.165) is 19.3 Å². The standard InChI is InChI=1S/C15H21FO2/c1-15(2)9-5-7-11(15)14(17)10-6-4-8-12(18-3)13(10)16/h4,6,8,11,14,17H,5,7,9H2,1-3H3. The molecular formula is C15H21FO2. The second-order valence-electron chi connectivity index (χ2n) is 5.80. The summed E-state index contributed by atoms with van der Waals surface area (Å²) in [5.41, 5.74) is 0.420. The van der Waals surface area contributed by atoms with Crippen LogP contribution in [0.5, 0.6) is 5.75 Å². The summed E-state index contributed by atoms with van der Waals surface area (Å²) in [6.07, 6.45) is 2.38. The van der Waals surface area contributed by atoms with Gasteiger partial charge in [-0.05, 0) is 30.2 Å². The van der Waals surface area contributed by atoms with Gasteiger partial charge in [0, 0.05) is 5.56 Å². The molecule has 0 amide bonds. The molecule has 1 fully saturated rings. The molecular weight excluding hydrogens is 231 g/mol. The Morgan fingerprint density at radius 2 is 2.17 bits per heavy atom. The van der Waals surface area contributed by atoms with Gasteiger partial charge < -0.3 is 9.84 Å². The van der Waals surface area contributed by atoms with Crippen LogP contribution in [0.3, 0.4) is 0 Å². The fraction of sp³-hybridized carbons (Fsp3) is 0.600. The first-order valence-corrected chi connectivity index (χ1v) is 6.48. The van der Waals surface area contributed by atoms with Gasteiger partial charge in [0.25, 0.3) is 0 Å². The third-order valence-corrected chi connectivity index (χ3v) is 4.25. The fourth-order valence-corrected chi connectivity index (χ4v) is 3.07. The van der Waals surface area contributed by atoms with E-state index in [4.69, 9.17) is 4.74 Å². The molecule has 0 heterocycles. The Balaban J connectivity index is 2.31. The number of methoxy groups -OCH3 is 1. The van der Waals surface area contributed by atoms with Crippen molar-refractivity contribution in [2.45, 2.75) is 39.2 Å². The molecule has 1 aromatic rings. The van der Waals surface area contributed by atoms with Gasteiger partial charge in [0.1, 0.15) is 0 Å². The molecule has 2 unspecified atom stereocenters. The molecule has 1 saturated carbocycles. The van der Waals surface area contributed by atoms with Gasteiger partial charge >= 0.3 is 0 Å². The lowest BCUT2D eigenvalue weighted by Gasteiger charge is -2.31. The number of halogens is 1. The monoisotopic (exact) mass is 252 g/mol. The van der Waals surface area contributed by atoms with E-state index >= 15 is 0 Å². The number of rotatable bonds is 3. The van der Waals surface area contributed by atoms with Crippen LogP contribution >= 0.6 is 0 Å². The molecule has 3 heteroatoms. The van der Waals surface area contributed by atoms with Crippen molar-refractivity contribution in [2.75, 3.05) is 7.11 Å². The highest BCUT2D eigenvalue weighted by Gasteiger charge is 2.40. The van der Waals surface area contributed by atoms with Crippen LogP contribution in [0.15, 0.2) is 18.2 Å². The molecule has 2 rings (SSSR count). The lowest BCUT2D eigenvalue weighted by molar-refractivity contribution is 0.0501. The van der Waals surface area contributed by atoms with Crippen LogP contribution in [0.4, 0.5) is 4.39 Å². The maximum absolute atomic E-state index is 14.1. The Hall–Kier alpha value is -1.09. The molecule has 0 spiro atoms. The van der Waals surface area contributed by atoms with Crippen molar-refractivity contribution in [3.05, 3.63) is 29.6 Å². The van der Waals surface area contributed by atoms with Gasteiger partial charge in [0.2, 0.25) is 0 Å². The third kappa shape index (κ3) is 2.24. The quantitative estimate of drug-likeness (QED) is 0.889. The Kier molecular flexibility index (Phi) is 3.62. The third-order valence-electron chi connectivity index (χ3n) is 4.25. The van der Waals surface area contributed by atoms with E-state index in [1.165, 1.54) is 7.11 Å². The lowest BCUT2D eigenvalue weighted by Crippen LogP contribution is -2.24. The highest BCUT2D eigenvalue weighted by Crippen LogP contribution is 2.49. The van der Waals surface area contributed by atoms with Crippen LogP contribution in [0.25, 0.3) is 0 Å². The van der Waals surface area contributed by atoms with Crippen molar-refractivity contribution in [3.63, 3.8) is 0 Å². The molecule has 0 bridgehead atoms. The van der Waals surface area contributed by atoms with Crippen LogP contribution < -0.4 is 4.74 Å². The van der Waals surface area contributed by atoms with Gasteiger partial charge in [-0.15, -0.1) is 0 Å². The number of aliphatic hydroxyl groups excluding tert-OH is 1. The van der Waals surface area contributed by atoms with E-state index in [2.05, 4.69) is 13.8 Å². The number of hydrogen-bond acceptors (Lipinski definition) is 2. The Morgan fingerprint density at radius 1 is 1.44 bits per heavy atom. The molecule has 18 heavy (non-hydrogen) atoms.